The first-order chi connectivity index (χ1) is 17.8. The second kappa shape index (κ2) is 10.8. The Morgan fingerprint density at radius 3 is 2.62 bits per heavy atom. The second-order valence-corrected chi connectivity index (χ2v) is 12.1. The first-order valence-corrected chi connectivity index (χ1v) is 14.4. The van der Waals surface area contributed by atoms with E-state index >= 15 is 0 Å². The van der Waals surface area contributed by atoms with E-state index in [1.807, 2.05) is 6.07 Å². The van der Waals surface area contributed by atoms with E-state index in [1.165, 1.54) is 15.9 Å². The van der Waals surface area contributed by atoms with Crippen LogP contribution in [0.5, 0.6) is 5.75 Å². The number of carbonyl (C=O) groups is 2. The Hall–Kier alpha value is -2.95. The number of fused-ring (bicyclic) bond motifs is 1. The first-order valence-electron chi connectivity index (χ1n) is 12.9. The average Bonchev–Trinajstić information content (AvgIpc) is 2.90. The fourth-order valence-electron chi connectivity index (χ4n) is 5.40. The van der Waals surface area contributed by atoms with Crippen molar-refractivity contribution in [3.8, 4) is 5.75 Å². The van der Waals surface area contributed by atoms with Gasteiger partial charge in [0.2, 0.25) is 15.9 Å². The van der Waals surface area contributed by atoms with Gasteiger partial charge in [0.15, 0.2) is 6.61 Å². The maximum Gasteiger partial charge on any atom is 0.262 e. The summed E-state index contributed by atoms with van der Waals surface area (Å²) in [5.74, 6) is -0.364. The van der Waals surface area contributed by atoms with Crippen LogP contribution in [0.4, 0.5) is 5.69 Å². The van der Waals surface area contributed by atoms with Gasteiger partial charge in [-0.1, -0.05) is 30.3 Å². The van der Waals surface area contributed by atoms with Gasteiger partial charge >= 0.3 is 0 Å². The second-order valence-electron chi connectivity index (χ2n) is 10.2. The van der Waals surface area contributed by atoms with E-state index < -0.39 is 10.0 Å². The van der Waals surface area contributed by atoms with Crippen molar-refractivity contribution >= 4 is 27.5 Å². The van der Waals surface area contributed by atoms with Crippen molar-refractivity contribution in [2.75, 3.05) is 38.1 Å². The highest BCUT2D eigenvalue weighted by Gasteiger charge is 2.36. The van der Waals surface area contributed by atoms with Crippen LogP contribution in [-0.2, 0) is 26.2 Å². The van der Waals surface area contributed by atoms with Crippen LogP contribution in [0.1, 0.15) is 36.8 Å². The molecule has 10 heteroatoms. The van der Waals surface area contributed by atoms with Crippen molar-refractivity contribution in [1.82, 2.24) is 14.5 Å². The van der Waals surface area contributed by atoms with E-state index in [-0.39, 0.29) is 41.8 Å². The summed E-state index contributed by atoms with van der Waals surface area (Å²) >= 11 is 0. The summed E-state index contributed by atoms with van der Waals surface area (Å²) in [6, 6.07) is 13.6. The van der Waals surface area contributed by atoms with E-state index in [0.717, 1.165) is 32.5 Å². The number of hydrogen-bond donors (Lipinski definition) is 2. The number of carbonyl (C=O) groups excluding carboxylic acids is 2. The Kier molecular flexibility index (Phi) is 7.50. The Bertz CT molecular complexity index is 1260. The molecule has 1 atom stereocenters. The Balaban J connectivity index is 1.18. The molecule has 3 heterocycles. The topological polar surface area (TPSA) is 108 Å². The van der Waals surface area contributed by atoms with Gasteiger partial charge in [0.25, 0.3) is 5.91 Å². The minimum Gasteiger partial charge on any atom is -0.482 e. The number of sulfonamides is 1. The molecule has 0 aliphatic carbocycles. The van der Waals surface area contributed by atoms with Crippen molar-refractivity contribution in [3.63, 3.8) is 0 Å². The summed E-state index contributed by atoms with van der Waals surface area (Å²) in [7, 11) is -3.82. The summed E-state index contributed by atoms with van der Waals surface area (Å²) in [6.07, 6.45) is 3.07. The fourth-order valence-corrected chi connectivity index (χ4v) is 7.15. The van der Waals surface area contributed by atoms with Gasteiger partial charge < -0.3 is 15.4 Å². The number of amides is 2. The normalized spacial score (nSPS) is 21.5. The molecule has 0 aromatic heterocycles. The summed E-state index contributed by atoms with van der Waals surface area (Å²) in [6.45, 7) is 4.85. The van der Waals surface area contributed by atoms with Crippen molar-refractivity contribution < 1.29 is 22.7 Å². The largest absolute Gasteiger partial charge is 0.482 e. The van der Waals surface area contributed by atoms with E-state index in [0.29, 0.717) is 36.4 Å². The van der Waals surface area contributed by atoms with Crippen LogP contribution in [0.25, 0.3) is 0 Å². The van der Waals surface area contributed by atoms with Crippen molar-refractivity contribution in [1.29, 1.82) is 0 Å². The van der Waals surface area contributed by atoms with E-state index in [4.69, 9.17) is 4.74 Å². The molecule has 2 saturated heterocycles. The lowest BCUT2D eigenvalue weighted by atomic mass is 9.97. The van der Waals surface area contributed by atoms with Crippen LogP contribution in [-0.4, -0.2) is 68.3 Å². The highest BCUT2D eigenvalue weighted by molar-refractivity contribution is 7.89. The van der Waals surface area contributed by atoms with Crippen molar-refractivity contribution in [3.05, 3.63) is 53.6 Å². The molecule has 2 N–H and O–H groups in total. The lowest BCUT2D eigenvalue weighted by Crippen LogP contribution is -2.50. The third-order valence-corrected chi connectivity index (χ3v) is 9.47. The predicted molar refractivity (Wildman–Crippen MR) is 140 cm³/mol. The summed E-state index contributed by atoms with van der Waals surface area (Å²) in [4.78, 5) is 27.3. The van der Waals surface area contributed by atoms with Crippen LogP contribution >= 0.6 is 0 Å². The zero-order valence-electron chi connectivity index (χ0n) is 21.1. The maximum atomic E-state index is 13.5. The molecule has 0 unspecified atom stereocenters. The number of ether oxygens (including phenoxy) is 1. The third kappa shape index (κ3) is 5.81. The highest BCUT2D eigenvalue weighted by atomic mass is 32.2. The van der Waals surface area contributed by atoms with Crippen molar-refractivity contribution in [2.45, 2.75) is 50.1 Å². The number of aryl methyl sites for hydroxylation is 1. The quantitative estimate of drug-likeness (QED) is 0.599. The summed E-state index contributed by atoms with van der Waals surface area (Å²) in [5.41, 5.74) is 2.29. The standard InChI is InChI=1S/C27H34N4O5S/c1-19-14-23-24(36-18-26(32)29-23)15-25(19)37(34,35)31-11-5-8-21(17-31)27(33)28-22-9-12-30(13-10-22)16-20-6-3-2-4-7-20/h2-4,6-7,14-15,21-22H,5,8-13,16-18H2,1H3,(H,28,33)(H,29,32)/t21-/m1/s1. The van der Waals surface area contributed by atoms with Crippen LogP contribution < -0.4 is 15.4 Å². The van der Waals surface area contributed by atoms with Gasteiger partial charge in [0.1, 0.15) is 5.75 Å². The molecule has 5 rings (SSSR count). The van der Waals surface area contributed by atoms with Gasteiger partial charge in [-0.3, -0.25) is 14.5 Å². The average molecular weight is 527 g/mol. The minimum absolute atomic E-state index is 0.0605. The summed E-state index contributed by atoms with van der Waals surface area (Å²) < 4.78 is 33.9. The van der Waals surface area contributed by atoms with Gasteiger partial charge in [0.05, 0.1) is 16.5 Å². The van der Waals surface area contributed by atoms with E-state index in [9.17, 15) is 18.0 Å². The van der Waals surface area contributed by atoms with E-state index in [1.54, 1.807) is 13.0 Å². The number of nitrogens with one attached hydrogen (secondary N) is 2. The zero-order chi connectivity index (χ0) is 26.0. The van der Waals surface area contributed by atoms with Crippen LogP contribution in [0.3, 0.4) is 0 Å². The van der Waals surface area contributed by atoms with Gasteiger partial charge in [-0.05, 0) is 49.8 Å². The lowest BCUT2D eigenvalue weighted by molar-refractivity contribution is -0.127. The smallest absolute Gasteiger partial charge is 0.262 e. The van der Waals surface area contributed by atoms with Gasteiger partial charge in [0, 0.05) is 44.8 Å². The van der Waals surface area contributed by atoms with Gasteiger partial charge in [-0.2, -0.15) is 4.31 Å². The number of nitrogens with zero attached hydrogens (tertiary/aromatic N) is 2. The number of hydrogen-bond acceptors (Lipinski definition) is 6. The highest BCUT2D eigenvalue weighted by Crippen LogP contribution is 2.35. The molecule has 9 nitrogen and oxygen atoms in total. The van der Waals surface area contributed by atoms with Crippen LogP contribution in [0, 0.1) is 12.8 Å². The molecule has 198 valence electrons. The number of likely N-dealkylation sites (tertiary alicyclic amines) is 1. The van der Waals surface area contributed by atoms with Crippen LogP contribution in [0.15, 0.2) is 47.4 Å². The maximum absolute atomic E-state index is 13.5. The fraction of sp³-hybridized carbons (Fsp3) is 0.481. The molecule has 2 aromatic carbocycles. The Morgan fingerprint density at radius 1 is 1.11 bits per heavy atom. The monoisotopic (exact) mass is 526 g/mol. The molecule has 2 aromatic rings. The molecule has 0 spiro atoms. The number of rotatable bonds is 6. The molecule has 0 radical (unpaired) electrons. The molecule has 3 aliphatic rings. The summed E-state index contributed by atoms with van der Waals surface area (Å²) in [5, 5.41) is 5.90. The third-order valence-electron chi connectivity index (χ3n) is 7.47. The Labute approximate surface area is 218 Å². The van der Waals surface area contributed by atoms with E-state index in [2.05, 4.69) is 39.8 Å². The predicted octanol–water partition coefficient (Wildman–Crippen LogP) is 2.51. The number of piperidine rings is 2. The zero-order valence-corrected chi connectivity index (χ0v) is 21.9. The molecule has 0 bridgehead atoms. The molecule has 0 saturated carbocycles. The molecule has 37 heavy (non-hydrogen) atoms. The van der Waals surface area contributed by atoms with Gasteiger partial charge in [-0.25, -0.2) is 8.42 Å². The SMILES string of the molecule is Cc1cc2c(cc1S(=O)(=O)N1CCC[C@@H](C(=O)NC3CCN(Cc4ccccc4)CC3)C1)OCC(=O)N2. The molecular weight excluding hydrogens is 492 g/mol. The molecule has 2 fully saturated rings. The lowest BCUT2D eigenvalue weighted by Gasteiger charge is -2.35. The number of anilines is 1. The molecule has 2 amide bonds. The van der Waals surface area contributed by atoms with Crippen LogP contribution in [0.2, 0.25) is 0 Å². The van der Waals surface area contributed by atoms with Crippen molar-refractivity contribution in [2.24, 2.45) is 5.92 Å². The Morgan fingerprint density at radius 2 is 1.86 bits per heavy atom. The number of benzene rings is 2. The van der Waals surface area contributed by atoms with Gasteiger partial charge in [-0.15, -0.1) is 0 Å². The first kappa shape index (κ1) is 25.7. The minimum atomic E-state index is -3.82. The molecule has 3 aliphatic heterocycles. The molecular formula is C27H34N4O5S.